The molecule has 1 aliphatic carbocycles. The molecule has 0 unspecified atom stereocenters. The van der Waals surface area contributed by atoms with Gasteiger partial charge in [0.2, 0.25) is 21.7 Å². The van der Waals surface area contributed by atoms with Crippen molar-refractivity contribution in [1.29, 1.82) is 5.26 Å². The van der Waals surface area contributed by atoms with Gasteiger partial charge in [0.25, 0.3) is 0 Å². The van der Waals surface area contributed by atoms with Crippen LogP contribution in [0.5, 0.6) is 0 Å². The first-order valence-corrected chi connectivity index (χ1v) is 10.2. The van der Waals surface area contributed by atoms with Crippen molar-refractivity contribution in [3.63, 3.8) is 0 Å². The highest BCUT2D eigenvalue weighted by Gasteiger charge is 2.42. The number of nitriles is 1. The zero-order valence-electron chi connectivity index (χ0n) is 15.4. The first-order chi connectivity index (χ1) is 13.2. The molecule has 0 amide bonds. The highest BCUT2D eigenvalue weighted by atomic mass is 32.2. The molecule has 1 saturated carbocycles. The van der Waals surface area contributed by atoms with Crippen molar-refractivity contribution in [2.75, 3.05) is 5.73 Å². The molecule has 4 rings (SSSR count). The molecular formula is C18H19N7O2S. The van der Waals surface area contributed by atoms with E-state index in [4.69, 9.17) is 11.0 Å². The van der Waals surface area contributed by atoms with E-state index >= 15 is 0 Å². The Balaban J connectivity index is 1.67. The van der Waals surface area contributed by atoms with Crippen LogP contribution in [0.1, 0.15) is 25.3 Å². The average Bonchev–Trinajstić information content (AvgIpc) is 3.05. The summed E-state index contributed by atoms with van der Waals surface area (Å²) in [7, 11) is -3.71. The Morgan fingerprint density at radius 3 is 2.79 bits per heavy atom. The Labute approximate surface area is 162 Å². The number of aryl methyl sites for hydroxylation is 1. The number of aromatic nitrogens is 4. The van der Waals surface area contributed by atoms with Crippen molar-refractivity contribution >= 4 is 21.7 Å². The number of imidazole rings is 1. The van der Waals surface area contributed by atoms with Gasteiger partial charge in [-0.05, 0) is 44.4 Å². The number of fused-ring (bicyclic) bond motifs is 1. The summed E-state index contributed by atoms with van der Waals surface area (Å²) in [6, 6.07) is 6.88. The number of nitrogens with one attached hydrogen (secondary N) is 1. The van der Waals surface area contributed by atoms with Crippen LogP contribution in [0.25, 0.3) is 17.0 Å². The number of nitrogen functional groups attached to an aromatic ring is 1. The number of anilines is 1. The molecule has 1 aromatic carbocycles. The summed E-state index contributed by atoms with van der Waals surface area (Å²) >= 11 is 0. The molecule has 2 aromatic heterocycles. The molecule has 0 atom stereocenters. The standard InChI is InChI=1S/C18H19N7O2S/c1-11-3-4-13(28(26,27)24-12-6-18(2,7-12)9-19)5-14(11)15-8-25-16(20)21-10-22-17(25)23-15/h3-5,8,10,12,24H,6-7H2,1-2H3,(H2,20,21,22,23). The van der Waals surface area contributed by atoms with Crippen LogP contribution in [0.15, 0.2) is 35.6 Å². The van der Waals surface area contributed by atoms with Gasteiger partial charge in [-0.2, -0.15) is 5.26 Å². The van der Waals surface area contributed by atoms with Gasteiger partial charge >= 0.3 is 0 Å². The van der Waals surface area contributed by atoms with E-state index < -0.39 is 15.4 Å². The fourth-order valence-electron chi connectivity index (χ4n) is 3.50. The minimum absolute atomic E-state index is 0.148. The molecule has 0 saturated heterocycles. The molecule has 0 bridgehead atoms. The highest BCUT2D eigenvalue weighted by Crippen LogP contribution is 2.40. The molecule has 9 nitrogen and oxygen atoms in total. The Hall–Kier alpha value is -3.03. The third-order valence-corrected chi connectivity index (χ3v) is 6.60. The highest BCUT2D eigenvalue weighted by molar-refractivity contribution is 7.89. The lowest BCUT2D eigenvalue weighted by atomic mass is 9.68. The lowest BCUT2D eigenvalue weighted by molar-refractivity contribution is 0.188. The summed E-state index contributed by atoms with van der Waals surface area (Å²) in [4.78, 5) is 12.6. The van der Waals surface area contributed by atoms with Gasteiger partial charge in [-0.25, -0.2) is 28.1 Å². The number of nitrogens with zero attached hydrogens (tertiary/aromatic N) is 5. The first kappa shape index (κ1) is 18.3. The maximum absolute atomic E-state index is 12.8. The van der Waals surface area contributed by atoms with E-state index in [-0.39, 0.29) is 16.9 Å². The molecule has 0 radical (unpaired) electrons. The molecule has 0 aliphatic heterocycles. The summed E-state index contributed by atoms with van der Waals surface area (Å²) < 4.78 is 29.8. The zero-order valence-corrected chi connectivity index (χ0v) is 16.2. The lowest BCUT2D eigenvalue weighted by Gasteiger charge is -2.39. The Morgan fingerprint density at radius 2 is 2.11 bits per heavy atom. The normalized spacial score (nSPS) is 22.0. The molecular weight excluding hydrogens is 378 g/mol. The van der Waals surface area contributed by atoms with E-state index in [0.29, 0.717) is 29.9 Å². The number of hydrogen-bond acceptors (Lipinski definition) is 7. The Kier molecular flexibility index (Phi) is 4.10. The van der Waals surface area contributed by atoms with E-state index in [2.05, 4.69) is 25.7 Å². The monoisotopic (exact) mass is 397 g/mol. The van der Waals surface area contributed by atoms with E-state index in [1.54, 1.807) is 28.8 Å². The number of rotatable bonds is 4. The van der Waals surface area contributed by atoms with Crippen LogP contribution < -0.4 is 10.5 Å². The number of benzene rings is 1. The second-order valence-corrected chi connectivity index (χ2v) is 9.12. The van der Waals surface area contributed by atoms with Gasteiger partial charge < -0.3 is 5.73 Å². The summed E-state index contributed by atoms with van der Waals surface area (Å²) in [6.45, 7) is 3.71. The van der Waals surface area contributed by atoms with Gasteiger partial charge in [-0.1, -0.05) is 6.07 Å². The molecule has 28 heavy (non-hydrogen) atoms. The van der Waals surface area contributed by atoms with E-state index in [9.17, 15) is 8.42 Å². The SMILES string of the molecule is Cc1ccc(S(=O)(=O)NC2CC(C)(C#N)C2)cc1-c1cn2c(N)ncnc2n1. The van der Waals surface area contributed by atoms with E-state index in [0.717, 1.165) is 5.56 Å². The summed E-state index contributed by atoms with van der Waals surface area (Å²) in [5.41, 5.74) is 7.48. The molecule has 0 spiro atoms. The van der Waals surface area contributed by atoms with Gasteiger partial charge in [-0.3, -0.25) is 4.40 Å². The minimum atomic E-state index is -3.71. The third-order valence-electron chi connectivity index (χ3n) is 5.08. The van der Waals surface area contributed by atoms with Crippen molar-refractivity contribution in [3.05, 3.63) is 36.3 Å². The van der Waals surface area contributed by atoms with Crippen LogP contribution in [0.2, 0.25) is 0 Å². The second-order valence-electron chi connectivity index (χ2n) is 7.40. The Bertz CT molecular complexity index is 1220. The molecule has 3 N–H and O–H groups in total. The summed E-state index contributed by atoms with van der Waals surface area (Å²) in [6.07, 6.45) is 4.02. The van der Waals surface area contributed by atoms with Crippen LogP contribution >= 0.6 is 0 Å². The average molecular weight is 397 g/mol. The fourth-order valence-corrected chi connectivity index (χ4v) is 4.76. The van der Waals surface area contributed by atoms with Crippen molar-refractivity contribution in [3.8, 4) is 17.3 Å². The predicted molar refractivity (Wildman–Crippen MR) is 102 cm³/mol. The van der Waals surface area contributed by atoms with E-state index in [1.165, 1.54) is 6.33 Å². The van der Waals surface area contributed by atoms with Crippen LogP contribution in [-0.4, -0.2) is 33.8 Å². The number of sulfonamides is 1. The van der Waals surface area contributed by atoms with Gasteiger partial charge in [-0.15, -0.1) is 0 Å². The minimum Gasteiger partial charge on any atom is -0.369 e. The van der Waals surface area contributed by atoms with Crippen molar-refractivity contribution < 1.29 is 8.42 Å². The largest absolute Gasteiger partial charge is 0.369 e. The molecule has 1 aliphatic rings. The lowest BCUT2D eigenvalue weighted by Crippen LogP contribution is -2.48. The predicted octanol–water partition coefficient (Wildman–Crippen LogP) is 1.65. The van der Waals surface area contributed by atoms with Gasteiger partial charge in [0.15, 0.2) is 0 Å². The van der Waals surface area contributed by atoms with Crippen LogP contribution in [0, 0.1) is 23.7 Å². The fraction of sp³-hybridized carbons (Fsp3) is 0.333. The summed E-state index contributed by atoms with van der Waals surface area (Å²) in [5, 5.41) is 9.10. The number of nitrogens with two attached hydrogens (primary N) is 1. The van der Waals surface area contributed by atoms with Crippen LogP contribution in [-0.2, 0) is 10.0 Å². The topological polar surface area (TPSA) is 139 Å². The third kappa shape index (κ3) is 3.08. The smallest absolute Gasteiger partial charge is 0.240 e. The molecule has 3 aromatic rings. The maximum Gasteiger partial charge on any atom is 0.240 e. The van der Waals surface area contributed by atoms with Gasteiger partial charge in [0.1, 0.15) is 6.33 Å². The van der Waals surface area contributed by atoms with Crippen LogP contribution in [0.4, 0.5) is 5.95 Å². The van der Waals surface area contributed by atoms with Crippen LogP contribution in [0.3, 0.4) is 0 Å². The molecule has 1 fully saturated rings. The maximum atomic E-state index is 12.8. The Morgan fingerprint density at radius 1 is 1.36 bits per heavy atom. The van der Waals surface area contributed by atoms with Gasteiger partial charge in [0.05, 0.1) is 22.1 Å². The van der Waals surface area contributed by atoms with E-state index in [1.807, 2.05) is 13.8 Å². The first-order valence-electron chi connectivity index (χ1n) is 8.71. The van der Waals surface area contributed by atoms with Crippen molar-refractivity contribution in [1.82, 2.24) is 24.1 Å². The zero-order chi connectivity index (χ0) is 20.1. The molecule has 144 valence electrons. The van der Waals surface area contributed by atoms with Crippen molar-refractivity contribution in [2.24, 2.45) is 5.41 Å². The number of hydrogen-bond donors (Lipinski definition) is 2. The molecule has 2 heterocycles. The quantitative estimate of drug-likeness (QED) is 0.682. The molecule has 10 heteroatoms. The van der Waals surface area contributed by atoms with Crippen molar-refractivity contribution in [2.45, 2.75) is 37.6 Å². The summed E-state index contributed by atoms with van der Waals surface area (Å²) in [5.74, 6) is 0.635. The van der Waals surface area contributed by atoms with Gasteiger partial charge in [0, 0.05) is 17.8 Å². The second kappa shape index (κ2) is 6.25.